The van der Waals surface area contributed by atoms with Crippen LogP contribution in [0.4, 0.5) is 0 Å². The van der Waals surface area contributed by atoms with Crippen molar-refractivity contribution in [1.29, 1.82) is 0 Å². The van der Waals surface area contributed by atoms with Crippen molar-refractivity contribution >= 4 is 11.3 Å². The lowest BCUT2D eigenvalue weighted by Crippen LogP contribution is -2.45. The van der Waals surface area contributed by atoms with Gasteiger partial charge in [0, 0.05) is 55.8 Å². The zero-order chi connectivity index (χ0) is 15.2. The molecule has 3 aliphatic rings. The number of likely N-dealkylation sites (tertiary alicyclic amines) is 2. The van der Waals surface area contributed by atoms with Gasteiger partial charge >= 0.3 is 0 Å². The van der Waals surface area contributed by atoms with E-state index in [2.05, 4.69) is 32.3 Å². The van der Waals surface area contributed by atoms with E-state index in [1.165, 1.54) is 48.7 Å². The normalized spacial score (nSPS) is 27.8. The Morgan fingerprint density at radius 2 is 1.83 bits per heavy atom. The van der Waals surface area contributed by atoms with Gasteiger partial charge in [-0.25, -0.2) is 4.98 Å². The van der Waals surface area contributed by atoms with Crippen molar-refractivity contribution in [2.45, 2.75) is 50.4 Å². The number of rotatable bonds is 5. The van der Waals surface area contributed by atoms with Gasteiger partial charge in [-0.1, -0.05) is 6.07 Å². The van der Waals surface area contributed by atoms with Gasteiger partial charge in [0.1, 0.15) is 0 Å². The van der Waals surface area contributed by atoms with Gasteiger partial charge in [-0.2, -0.15) is 0 Å². The Hall–Kier alpha value is -1.30. The zero-order valence-corrected chi connectivity index (χ0v) is 14.1. The molecule has 2 aromatic rings. The van der Waals surface area contributed by atoms with Gasteiger partial charge in [0.15, 0.2) is 0 Å². The highest BCUT2D eigenvalue weighted by atomic mass is 32.1. The summed E-state index contributed by atoms with van der Waals surface area (Å²) in [5, 5.41) is 3.66. The number of piperazine rings is 1. The minimum absolute atomic E-state index is 0.698. The number of nitrogens with zero attached hydrogens (tertiary/aromatic N) is 4. The molecule has 0 spiro atoms. The molecule has 0 amide bonds. The summed E-state index contributed by atoms with van der Waals surface area (Å²) in [5.41, 5.74) is 2.49. The molecular weight excluding hydrogens is 304 g/mol. The molecule has 4 heterocycles. The minimum Gasteiger partial charge on any atom is -0.292 e. The molecule has 0 aromatic carbocycles. The summed E-state index contributed by atoms with van der Waals surface area (Å²) in [7, 11) is 0. The van der Waals surface area contributed by atoms with Crippen molar-refractivity contribution in [3.63, 3.8) is 0 Å². The number of thiazole rings is 1. The third-order valence-electron chi connectivity index (χ3n) is 5.42. The Balaban J connectivity index is 1.20. The van der Waals surface area contributed by atoms with Crippen LogP contribution >= 0.6 is 11.3 Å². The van der Waals surface area contributed by atoms with Crippen molar-refractivity contribution in [2.24, 2.45) is 0 Å². The summed E-state index contributed by atoms with van der Waals surface area (Å²) < 4.78 is 0. The van der Waals surface area contributed by atoms with Gasteiger partial charge in [0.25, 0.3) is 0 Å². The van der Waals surface area contributed by atoms with Crippen molar-refractivity contribution in [3.8, 4) is 0 Å². The molecule has 2 saturated heterocycles. The minimum atomic E-state index is 0.698. The summed E-state index contributed by atoms with van der Waals surface area (Å²) in [4.78, 5) is 14.6. The average Bonchev–Trinajstić information content (AvgIpc) is 3.01. The summed E-state index contributed by atoms with van der Waals surface area (Å²) in [6, 6.07) is 7.62. The van der Waals surface area contributed by atoms with Crippen LogP contribution in [0, 0.1) is 0 Å². The standard InChI is InChI=1S/C18H22N4S/c1-2-6-19-14(3-1)8-21-10-17-7-16(21)11-22(17)9-15-12-23-18(20-15)13-4-5-13/h1-3,6,12-13,16-17H,4-5,7-11H2. The number of fused-ring (bicyclic) bond motifs is 2. The fourth-order valence-electron chi connectivity index (χ4n) is 4.04. The van der Waals surface area contributed by atoms with Crippen molar-refractivity contribution in [1.82, 2.24) is 19.8 Å². The fourth-order valence-corrected chi connectivity index (χ4v) is 5.02. The second-order valence-corrected chi connectivity index (χ2v) is 8.06. The molecule has 5 heteroatoms. The summed E-state index contributed by atoms with van der Waals surface area (Å²) in [5.74, 6) is 0.789. The molecule has 2 atom stereocenters. The van der Waals surface area contributed by atoms with Crippen LogP contribution in [0.1, 0.15) is 41.6 Å². The van der Waals surface area contributed by atoms with E-state index in [1.54, 1.807) is 0 Å². The Morgan fingerprint density at radius 1 is 1.04 bits per heavy atom. The average molecular weight is 326 g/mol. The monoisotopic (exact) mass is 326 g/mol. The summed E-state index contributed by atoms with van der Waals surface area (Å²) in [6.07, 6.45) is 5.91. The lowest BCUT2D eigenvalue weighted by atomic mass is 10.2. The molecule has 1 saturated carbocycles. The Kier molecular flexibility index (Phi) is 3.46. The van der Waals surface area contributed by atoms with E-state index in [0.29, 0.717) is 12.1 Å². The first kappa shape index (κ1) is 14.1. The quantitative estimate of drug-likeness (QED) is 0.846. The van der Waals surface area contributed by atoms with Gasteiger partial charge in [-0.15, -0.1) is 11.3 Å². The van der Waals surface area contributed by atoms with E-state index in [1.807, 2.05) is 23.6 Å². The van der Waals surface area contributed by atoms with Crippen LogP contribution in [0.25, 0.3) is 0 Å². The highest BCUT2D eigenvalue weighted by Gasteiger charge is 2.43. The smallest absolute Gasteiger partial charge is 0.0959 e. The van der Waals surface area contributed by atoms with Crippen LogP contribution < -0.4 is 0 Å². The largest absolute Gasteiger partial charge is 0.292 e. The molecule has 1 aliphatic carbocycles. The van der Waals surface area contributed by atoms with Crippen LogP contribution in [-0.4, -0.2) is 44.9 Å². The molecule has 23 heavy (non-hydrogen) atoms. The van der Waals surface area contributed by atoms with E-state index in [9.17, 15) is 0 Å². The van der Waals surface area contributed by atoms with E-state index < -0.39 is 0 Å². The Bertz CT molecular complexity index is 681. The SMILES string of the molecule is c1ccc(CN2CC3CC2CN3Cc2csc(C3CC3)n2)nc1. The Morgan fingerprint density at radius 3 is 2.48 bits per heavy atom. The predicted molar refractivity (Wildman–Crippen MR) is 91.3 cm³/mol. The third kappa shape index (κ3) is 2.82. The number of aromatic nitrogens is 2. The van der Waals surface area contributed by atoms with Crippen LogP contribution in [0.3, 0.4) is 0 Å². The molecule has 2 unspecified atom stereocenters. The predicted octanol–water partition coefficient (Wildman–Crippen LogP) is 2.87. The second-order valence-electron chi connectivity index (χ2n) is 7.17. The highest BCUT2D eigenvalue weighted by molar-refractivity contribution is 7.09. The lowest BCUT2D eigenvalue weighted by molar-refractivity contribution is 0.116. The number of hydrogen-bond acceptors (Lipinski definition) is 5. The van der Waals surface area contributed by atoms with Crippen molar-refractivity contribution in [3.05, 3.63) is 46.2 Å². The molecule has 2 aliphatic heterocycles. The second kappa shape index (κ2) is 5.65. The molecule has 0 N–H and O–H groups in total. The first-order valence-electron chi connectivity index (χ1n) is 8.67. The van der Waals surface area contributed by atoms with E-state index in [-0.39, 0.29) is 0 Å². The number of pyridine rings is 1. The molecule has 2 aromatic heterocycles. The first-order chi connectivity index (χ1) is 11.3. The molecule has 3 fully saturated rings. The van der Waals surface area contributed by atoms with Crippen LogP contribution in [0.15, 0.2) is 29.8 Å². The molecule has 0 radical (unpaired) electrons. The number of hydrogen-bond donors (Lipinski definition) is 0. The maximum Gasteiger partial charge on any atom is 0.0959 e. The van der Waals surface area contributed by atoms with Gasteiger partial charge in [-0.3, -0.25) is 14.8 Å². The molecule has 2 bridgehead atoms. The maximum atomic E-state index is 4.86. The maximum absolute atomic E-state index is 4.86. The van der Waals surface area contributed by atoms with Crippen molar-refractivity contribution < 1.29 is 0 Å². The highest BCUT2D eigenvalue weighted by Crippen LogP contribution is 2.41. The first-order valence-corrected chi connectivity index (χ1v) is 9.55. The third-order valence-corrected chi connectivity index (χ3v) is 6.48. The van der Waals surface area contributed by atoms with Crippen LogP contribution in [-0.2, 0) is 13.1 Å². The fraction of sp³-hybridized carbons (Fsp3) is 0.556. The lowest BCUT2D eigenvalue weighted by Gasteiger charge is -2.33. The topological polar surface area (TPSA) is 32.3 Å². The van der Waals surface area contributed by atoms with Gasteiger partial charge in [0.2, 0.25) is 0 Å². The molecule has 4 nitrogen and oxygen atoms in total. The summed E-state index contributed by atoms with van der Waals surface area (Å²) in [6.45, 7) is 4.41. The molecule has 5 rings (SSSR count). The Labute approximate surface area is 141 Å². The van der Waals surface area contributed by atoms with Crippen LogP contribution in [0.2, 0.25) is 0 Å². The van der Waals surface area contributed by atoms with Gasteiger partial charge in [-0.05, 0) is 31.4 Å². The van der Waals surface area contributed by atoms with E-state index in [0.717, 1.165) is 19.0 Å². The molecular formula is C18H22N4S. The summed E-state index contributed by atoms with van der Waals surface area (Å²) >= 11 is 1.87. The van der Waals surface area contributed by atoms with Gasteiger partial charge < -0.3 is 0 Å². The van der Waals surface area contributed by atoms with Crippen molar-refractivity contribution in [2.75, 3.05) is 13.1 Å². The van der Waals surface area contributed by atoms with E-state index >= 15 is 0 Å². The molecule has 120 valence electrons. The van der Waals surface area contributed by atoms with E-state index in [4.69, 9.17) is 4.98 Å². The van der Waals surface area contributed by atoms with Crippen LogP contribution in [0.5, 0.6) is 0 Å². The van der Waals surface area contributed by atoms with Gasteiger partial charge in [0.05, 0.1) is 16.4 Å². The zero-order valence-electron chi connectivity index (χ0n) is 13.3.